The first-order valence-corrected chi connectivity index (χ1v) is 9.68. The van der Waals surface area contributed by atoms with E-state index in [1.165, 1.54) is 11.1 Å². The summed E-state index contributed by atoms with van der Waals surface area (Å²) in [4.78, 5) is 32.7. The van der Waals surface area contributed by atoms with Gasteiger partial charge in [0, 0.05) is 18.5 Å². The third-order valence-electron chi connectivity index (χ3n) is 4.62. The zero-order valence-electron chi connectivity index (χ0n) is 17.1. The number of aliphatic carboxylic acids is 2. The van der Waals surface area contributed by atoms with Crippen LogP contribution in [-0.2, 0) is 20.9 Å². The minimum absolute atomic E-state index is 0.196. The Morgan fingerprint density at radius 3 is 1.89 bits per heavy atom. The molecule has 1 aliphatic rings. The molecule has 0 unspecified atom stereocenters. The summed E-state index contributed by atoms with van der Waals surface area (Å²) in [7, 11) is 0. The molecule has 1 fully saturated rings. The molecule has 1 aliphatic heterocycles. The molecular weight excluding hydrogens is 360 g/mol. The van der Waals surface area contributed by atoms with Crippen molar-refractivity contribution >= 4 is 17.8 Å². The van der Waals surface area contributed by atoms with Crippen LogP contribution in [0.3, 0.4) is 0 Å². The third-order valence-corrected chi connectivity index (χ3v) is 4.62. The quantitative estimate of drug-likeness (QED) is 0.665. The van der Waals surface area contributed by atoms with Gasteiger partial charge in [-0.2, -0.15) is 0 Å². The second-order valence-corrected chi connectivity index (χ2v) is 7.72. The number of hydrogen-bond donors (Lipinski definition) is 3. The zero-order valence-corrected chi connectivity index (χ0v) is 17.1. The molecule has 0 radical (unpaired) electrons. The number of benzene rings is 1. The Balaban J connectivity index is 0.000000568. The maximum absolute atomic E-state index is 12.0. The molecule has 28 heavy (non-hydrogen) atoms. The highest BCUT2D eigenvalue weighted by molar-refractivity contribution is 6.27. The minimum Gasteiger partial charge on any atom is -0.473 e. The number of nitrogens with one attached hydrogen (secondary N) is 1. The second kappa shape index (κ2) is 11.4. The lowest BCUT2D eigenvalue weighted by atomic mass is 9.95. The van der Waals surface area contributed by atoms with Gasteiger partial charge in [0.05, 0.1) is 0 Å². The van der Waals surface area contributed by atoms with Gasteiger partial charge in [-0.25, -0.2) is 9.59 Å². The molecular formula is C21H32N2O5. The van der Waals surface area contributed by atoms with Crippen molar-refractivity contribution in [2.45, 2.75) is 59.0 Å². The van der Waals surface area contributed by atoms with Crippen molar-refractivity contribution in [1.82, 2.24) is 10.2 Å². The molecule has 0 saturated carbocycles. The van der Waals surface area contributed by atoms with Gasteiger partial charge in [0.15, 0.2) is 0 Å². The fourth-order valence-corrected chi connectivity index (χ4v) is 3.02. The molecule has 0 atom stereocenters. The number of nitrogens with zero attached hydrogens (tertiary/aromatic N) is 1. The van der Waals surface area contributed by atoms with Gasteiger partial charge < -0.3 is 15.5 Å². The average molecular weight is 392 g/mol. The summed E-state index contributed by atoms with van der Waals surface area (Å²) in [5, 5.41) is 17.8. The van der Waals surface area contributed by atoms with Gasteiger partial charge in [0.25, 0.3) is 0 Å². The van der Waals surface area contributed by atoms with Gasteiger partial charge in [-0.3, -0.25) is 9.69 Å². The fraction of sp³-hybridized carbons (Fsp3) is 0.571. The van der Waals surface area contributed by atoms with Crippen LogP contribution in [0.4, 0.5) is 0 Å². The van der Waals surface area contributed by atoms with Gasteiger partial charge in [-0.15, -0.1) is 0 Å². The molecule has 1 heterocycles. The lowest BCUT2D eigenvalue weighted by Crippen LogP contribution is -2.42. The van der Waals surface area contributed by atoms with E-state index < -0.39 is 11.9 Å². The monoisotopic (exact) mass is 392 g/mol. The standard InChI is InChI=1S/C19H30N2O.C2H2O4/c1-14(2)17-7-5-16(6-8-17)13-21-11-9-18(10-12-21)19(22)20-15(3)4;3-1(4)2(5)6/h5-8,14-15,18H,9-13H2,1-4H3,(H,20,22);(H,3,4)(H,5,6). The number of piperidine rings is 1. The summed E-state index contributed by atoms with van der Waals surface area (Å²) < 4.78 is 0. The number of likely N-dealkylation sites (tertiary alicyclic amines) is 1. The molecule has 0 bridgehead atoms. The van der Waals surface area contributed by atoms with Crippen LogP contribution in [-0.4, -0.2) is 52.1 Å². The molecule has 1 aromatic carbocycles. The van der Waals surface area contributed by atoms with E-state index in [1.807, 2.05) is 13.8 Å². The van der Waals surface area contributed by atoms with E-state index in [0.717, 1.165) is 32.5 Å². The first-order valence-electron chi connectivity index (χ1n) is 9.68. The van der Waals surface area contributed by atoms with Crippen LogP contribution in [0.5, 0.6) is 0 Å². The normalized spacial score (nSPS) is 15.1. The molecule has 7 nitrogen and oxygen atoms in total. The SMILES string of the molecule is CC(C)NC(=O)C1CCN(Cc2ccc(C(C)C)cc2)CC1.O=C(O)C(=O)O. The first kappa shape index (κ1) is 23.6. The number of amides is 1. The molecule has 0 aliphatic carbocycles. The van der Waals surface area contributed by atoms with Gasteiger partial charge in [0.2, 0.25) is 5.91 Å². The third kappa shape index (κ3) is 8.52. The number of hydrogen-bond acceptors (Lipinski definition) is 4. The highest BCUT2D eigenvalue weighted by Crippen LogP contribution is 2.20. The number of rotatable bonds is 5. The summed E-state index contributed by atoms with van der Waals surface area (Å²) in [5.74, 6) is -2.63. The van der Waals surface area contributed by atoms with Crippen molar-refractivity contribution in [1.29, 1.82) is 0 Å². The van der Waals surface area contributed by atoms with Crippen molar-refractivity contribution in [3.63, 3.8) is 0 Å². The molecule has 2 rings (SSSR count). The van der Waals surface area contributed by atoms with Gasteiger partial charge in [-0.1, -0.05) is 38.1 Å². The van der Waals surface area contributed by atoms with Crippen molar-refractivity contribution in [2.24, 2.45) is 5.92 Å². The Kier molecular flexibility index (Phi) is 9.65. The average Bonchev–Trinajstić information content (AvgIpc) is 2.62. The zero-order chi connectivity index (χ0) is 21.3. The van der Waals surface area contributed by atoms with E-state index in [-0.39, 0.29) is 17.9 Å². The molecule has 0 aromatic heterocycles. The van der Waals surface area contributed by atoms with E-state index in [4.69, 9.17) is 19.8 Å². The van der Waals surface area contributed by atoms with Gasteiger partial charge >= 0.3 is 11.9 Å². The largest absolute Gasteiger partial charge is 0.473 e. The first-order chi connectivity index (χ1) is 13.1. The van der Waals surface area contributed by atoms with E-state index in [1.54, 1.807) is 0 Å². The van der Waals surface area contributed by atoms with E-state index in [2.05, 4.69) is 48.3 Å². The minimum atomic E-state index is -1.82. The van der Waals surface area contributed by atoms with E-state index >= 15 is 0 Å². The summed E-state index contributed by atoms with van der Waals surface area (Å²) in [5.41, 5.74) is 2.77. The second-order valence-electron chi connectivity index (χ2n) is 7.72. The predicted octanol–water partition coefficient (Wildman–Crippen LogP) is 2.70. The van der Waals surface area contributed by atoms with Crippen molar-refractivity contribution in [3.05, 3.63) is 35.4 Å². The molecule has 0 spiro atoms. The lowest BCUT2D eigenvalue weighted by Gasteiger charge is -2.31. The Bertz CT molecular complexity index is 635. The van der Waals surface area contributed by atoms with Crippen LogP contribution < -0.4 is 5.32 Å². The number of carboxylic acids is 2. The molecule has 1 amide bonds. The van der Waals surface area contributed by atoms with E-state index in [9.17, 15) is 4.79 Å². The molecule has 3 N–H and O–H groups in total. The maximum atomic E-state index is 12.0. The van der Waals surface area contributed by atoms with Crippen LogP contribution in [0.15, 0.2) is 24.3 Å². The Labute approximate surface area is 166 Å². The Morgan fingerprint density at radius 1 is 1.00 bits per heavy atom. The van der Waals surface area contributed by atoms with Crippen molar-refractivity contribution in [2.75, 3.05) is 13.1 Å². The van der Waals surface area contributed by atoms with Crippen LogP contribution in [0.2, 0.25) is 0 Å². The Morgan fingerprint density at radius 2 is 1.50 bits per heavy atom. The highest BCUT2D eigenvalue weighted by atomic mass is 16.4. The number of carbonyl (C=O) groups is 3. The molecule has 1 aromatic rings. The summed E-state index contributed by atoms with van der Waals surface area (Å²) in [6.45, 7) is 11.5. The van der Waals surface area contributed by atoms with Crippen LogP contribution in [0, 0.1) is 5.92 Å². The summed E-state index contributed by atoms with van der Waals surface area (Å²) >= 11 is 0. The molecule has 156 valence electrons. The number of carbonyl (C=O) groups excluding carboxylic acids is 1. The maximum Gasteiger partial charge on any atom is 0.414 e. The molecule has 7 heteroatoms. The summed E-state index contributed by atoms with van der Waals surface area (Å²) in [6, 6.07) is 9.20. The predicted molar refractivity (Wildman–Crippen MR) is 107 cm³/mol. The van der Waals surface area contributed by atoms with Crippen LogP contribution in [0.25, 0.3) is 0 Å². The Hall–Kier alpha value is -2.41. The fourth-order valence-electron chi connectivity index (χ4n) is 3.02. The van der Waals surface area contributed by atoms with E-state index in [0.29, 0.717) is 5.92 Å². The summed E-state index contributed by atoms with van der Waals surface area (Å²) in [6.07, 6.45) is 1.95. The van der Waals surface area contributed by atoms with Gasteiger partial charge in [0.1, 0.15) is 0 Å². The van der Waals surface area contributed by atoms with Gasteiger partial charge in [-0.05, 0) is 56.8 Å². The lowest BCUT2D eigenvalue weighted by molar-refractivity contribution is -0.159. The number of carboxylic acid groups (broad SMARTS) is 2. The van der Waals surface area contributed by atoms with Crippen LogP contribution in [0.1, 0.15) is 57.6 Å². The highest BCUT2D eigenvalue weighted by Gasteiger charge is 2.25. The van der Waals surface area contributed by atoms with Crippen molar-refractivity contribution < 1.29 is 24.6 Å². The molecule has 1 saturated heterocycles. The smallest absolute Gasteiger partial charge is 0.414 e. The topological polar surface area (TPSA) is 107 Å². The van der Waals surface area contributed by atoms with Crippen LogP contribution >= 0.6 is 0 Å². The van der Waals surface area contributed by atoms with Crippen molar-refractivity contribution in [3.8, 4) is 0 Å².